The smallest absolute Gasteiger partial charge is 0.000697 e. The van der Waals surface area contributed by atoms with Crippen molar-refractivity contribution in [3.05, 3.63) is 216 Å². The van der Waals surface area contributed by atoms with Crippen molar-refractivity contribution in [2.75, 3.05) is 0 Å². The van der Waals surface area contributed by atoms with E-state index in [1.54, 1.807) is 0 Å². The summed E-state index contributed by atoms with van der Waals surface area (Å²) in [5.41, 5.74) is 15.6. The van der Waals surface area contributed by atoms with E-state index < -0.39 is 0 Å². The highest BCUT2D eigenvalue weighted by Crippen LogP contribution is 2.56. The van der Waals surface area contributed by atoms with Gasteiger partial charge in [-0.2, -0.15) is 0 Å². The molecule has 0 bridgehead atoms. The van der Waals surface area contributed by atoms with Crippen LogP contribution in [0.1, 0.15) is 63.8 Å². The van der Waals surface area contributed by atoms with Gasteiger partial charge in [-0.3, -0.25) is 0 Å². The van der Waals surface area contributed by atoms with E-state index in [1.165, 1.54) is 164 Å². The molecular formula is C72H56. The molecule has 0 aliphatic heterocycles. The molecule has 14 aromatic carbocycles. The third-order valence-electron chi connectivity index (χ3n) is 16.4. The largest absolute Gasteiger partial charge is 0.0622 e. The topological polar surface area (TPSA) is 0 Å². The Morgan fingerprint density at radius 2 is 0.806 bits per heavy atom. The van der Waals surface area contributed by atoms with Gasteiger partial charge in [0.1, 0.15) is 0 Å². The first kappa shape index (κ1) is 42.8. The normalized spacial score (nSPS) is 12.7. The zero-order chi connectivity index (χ0) is 48.9. The number of benzene rings is 12. The average molecular weight is 921 g/mol. The van der Waals surface area contributed by atoms with Crippen LogP contribution in [0.5, 0.6) is 0 Å². The Kier molecular flexibility index (Phi) is 9.05. The standard InChI is InChI=1S/C72H56/c1-41-18-15-19-42(2)63(41)48-31-33-51-59(37-48)53-25-17-26-54-66(53)60(51)40-62-64(43-20-11-9-12-21-43)69-55-27-16-24-52-56-35-46(58-39-50(72(6,7)8)34-45-30-32-49(38-57(45)58)71(3,4)5)28-29-47(56)36-61(67(52)55)70(69)65(68(54)62)44-22-13-10-14-23-44/h9-40H,1-8H3. The van der Waals surface area contributed by atoms with Crippen molar-refractivity contribution >= 4 is 97.0 Å². The fraction of sp³-hybridized carbons (Fsp3) is 0.139. The molecule has 0 radical (unpaired) electrons. The first-order chi connectivity index (χ1) is 34.8. The lowest BCUT2D eigenvalue weighted by Crippen LogP contribution is -2.12. The van der Waals surface area contributed by atoms with Gasteiger partial charge in [0.15, 0.2) is 0 Å². The van der Waals surface area contributed by atoms with Crippen molar-refractivity contribution in [2.45, 2.75) is 66.2 Å². The predicted octanol–water partition coefficient (Wildman–Crippen LogP) is 20.8. The molecule has 0 heteroatoms. The Morgan fingerprint density at radius 3 is 1.50 bits per heavy atom. The quantitative estimate of drug-likeness (QED) is 0.154. The second-order valence-electron chi connectivity index (χ2n) is 22.9. The van der Waals surface area contributed by atoms with Gasteiger partial charge in [0.05, 0.1) is 0 Å². The van der Waals surface area contributed by atoms with Crippen LogP contribution >= 0.6 is 0 Å². The molecule has 0 nitrogen and oxygen atoms in total. The van der Waals surface area contributed by atoms with Crippen LogP contribution in [0, 0.1) is 13.8 Å². The molecule has 0 aliphatic rings. The van der Waals surface area contributed by atoms with Crippen molar-refractivity contribution < 1.29 is 0 Å². The lowest BCUT2D eigenvalue weighted by Gasteiger charge is -2.24. The monoisotopic (exact) mass is 920 g/mol. The van der Waals surface area contributed by atoms with Gasteiger partial charge in [-0.25, -0.2) is 0 Å². The zero-order valence-electron chi connectivity index (χ0n) is 42.5. The van der Waals surface area contributed by atoms with Gasteiger partial charge in [0, 0.05) is 0 Å². The Bertz CT molecular complexity index is 4530. The highest BCUT2D eigenvalue weighted by Gasteiger charge is 2.28. The van der Waals surface area contributed by atoms with Gasteiger partial charge in [-0.1, -0.05) is 205 Å². The lowest BCUT2D eigenvalue weighted by molar-refractivity contribution is 0.589. The van der Waals surface area contributed by atoms with E-state index in [4.69, 9.17) is 0 Å². The summed E-state index contributed by atoms with van der Waals surface area (Å²) in [7, 11) is 0. The number of hydrogen-bond acceptors (Lipinski definition) is 0. The molecule has 0 N–H and O–H groups in total. The maximum atomic E-state index is 2.56. The summed E-state index contributed by atoms with van der Waals surface area (Å²) in [5, 5.41) is 23.6. The summed E-state index contributed by atoms with van der Waals surface area (Å²) >= 11 is 0. The fourth-order valence-electron chi connectivity index (χ4n) is 12.9. The van der Waals surface area contributed by atoms with Gasteiger partial charge in [0.2, 0.25) is 0 Å². The summed E-state index contributed by atoms with van der Waals surface area (Å²) in [6.07, 6.45) is 0. The minimum atomic E-state index is -0.0000616. The lowest BCUT2D eigenvalue weighted by atomic mass is 9.81. The first-order valence-electron chi connectivity index (χ1n) is 25.8. The van der Waals surface area contributed by atoms with Gasteiger partial charge in [0.25, 0.3) is 0 Å². The maximum absolute atomic E-state index is 2.56. The molecule has 0 amide bonds. The van der Waals surface area contributed by atoms with Crippen LogP contribution in [0.25, 0.3) is 141 Å². The van der Waals surface area contributed by atoms with Crippen LogP contribution < -0.4 is 0 Å². The predicted molar refractivity (Wildman–Crippen MR) is 315 cm³/mol. The molecule has 0 fully saturated rings. The second-order valence-corrected chi connectivity index (χ2v) is 22.9. The Morgan fingerprint density at radius 1 is 0.250 bits per heavy atom. The number of aryl methyl sites for hydroxylation is 2. The minimum Gasteiger partial charge on any atom is -0.0622 e. The summed E-state index contributed by atoms with van der Waals surface area (Å²) in [6, 6.07) is 74.9. The van der Waals surface area contributed by atoms with E-state index in [1.807, 2.05) is 0 Å². The highest BCUT2D eigenvalue weighted by molar-refractivity contribution is 6.46. The van der Waals surface area contributed by atoms with Crippen molar-refractivity contribution in [2.24, 2.45) is 0 Å². The van der Waals surface area contributed by atoms with Crippen molar-refractivity contribution in [1.29, 1.82) is 0 Å². The Labute approximate surface area is 421 Å². The van der Waals surface area contributed by atoms with Crippen LogP contribution in [0.4, 0.5) is 0 Å². The fourth-order valence-corrected chi connectivity index (χ4v) is 12.9. The van der Waals surface area contributed by atoms with Crippen LogP contribution in [0.3, 0.4) is 0 Å². The number of hydrogen-bond donors (Lipinski definition) is 0. The molecule has 0 saturated heterocycles. The molecule has 344 valence electrons. The molecule has 14 rings (SSSR count). The van der Waals surface area contributed by atoms with Crippen LogP contribution in [0.15, 0.2) is 194 Å². The molecule has 0 aromatic heterocycles. The molecule has 0 spiro atoms. The molecule has 0 atom stereocenters. The van der Waals surface area contributed by atoms with Crippen LogP contribution in [-0.2, 0) is 10.8 Å². The average Bonchev–Trinajstić information content (AvgIpc) is 3.88. The molecule has 14 aromatic rings. The Balaban J connectivity index is 1.13. The highest BCUT2D eigenvalue weighted by atomic mass is 14.3. The van der Waals surface area contributed by atoms with Crippen LogP contribution in [-0.4, -0.2) is 0 Å². The van der Waals surface area contributed by atoms with E-state index in [-0.39, 0.29) is 10.8 Å². The number of rotatable bonds is 4. The van der Waals surface area contributed by atoms with E-state index in [0.29, 0.717) is 0 Å². The van der Waals surface area contributed by atoms with Gasteiger partial charge in [-0.05, 0) is 219 Å². The summed E-state index contributed by atoms with van der Waals surface area (Å²) in [5.74, 6) is 0. The van der Waals surface area contributed by atoms with E-state index in [9.17, 15) is 0 Å². The second kappa shape index (κ2) is 15.2. The summed E-state index contributed by atoms with van der Waals surface area (Å²) < 4.78 is 0. The molecule has 0 saturated carbocycles. The molecule has 0 heterocycles. The molecule has 0 aliphatic carbocycles. The summed E-state index contributed by atoms with van der Waals surface area (Å²) in [6.45, 7) is 18.4. The van der Waals surface area contributed by atoms with Crippen molar-refractivity contribution in [3.8, 4) is 44.5 Å². The first-order valence-corrected chi connectivity index (χ1v) is 25.8. The van der Waals surface area contributed by atoms with Crippen molar-refractivity contribution in [1.82, 2.24) is 0 Å². The Hall–Kier alpha value is -8.06. The molecular weight excluding hydrogens is 865 g/mol. The molecule has 72 heavy (non-hydrogen) atoms. The van der Waals surface area contributed by atoms with E-state index in [0.717, 1.165) is 0 Å². The zero-order valence-corrected chi connectivity index (χ0v) is 42.5. The number of fused-ring (bicyclic) bond motifs is 11. The summed E-state index contributed by atoms with van der Waals surface area (Å²) in [4.78, 5) is 0. The van der Waals surface area contributed by atoms with E-state index in [2.05, 4.69) is 250 Å². The van der Waals surface area contributed by atoms with Gasteiger partial charge < -0.3 is 0 Å². The third-order valence-corrected chi connectivity index (χ3v) is 16.4. The van der Waals surface area contributed by atoms with Gasteiger partial charge in [-0.15, -0.1) is 0 Å². The third kappa shape index (κ3) is 6.18. The van der Waals surface area contributed by atoms with Crippen molar-refractivity contribution in [3.63, 3.8) is 0 Å². The minimum absolute atomic E-state index is 0.0000616. The van der Waals surface area contributed by atoms with E-state index >= 15 is 0 Å². The molecule has 0 unspecified atom stereocenters. The van der Waals surface area contributed by atoms with Gasteiger partial charge >= 0.3 is 0 Å². The van der Waals surface area contributed by atoms with Crippen LogP contribution in [0.2, 0.25) is 0 Å². The maximum Gasteiger partial charge on any atom is -0.000697 e. The SMILES string of the molecule is Cc1cccc(C)c1-c1ccc2c(c1)c1cccc3c4c(-c5ccccc5)c5c6cc7ccc(-c8cc(C(C)(C)C)cc9ccc(C(C)(C)C)cc89)cc7c7cccc(c5c(-c5ccccc5)c4cc2c13)c76.